The van der Waals surface area contributed by atoms with E-state index in [4.69, 9.17) is 4.74 Å². The second-order valence-electron chi connectivity index (χ2n) is 6.28. The van der Waals surface area contributed by atoms with Gasteiger partial charge in [-0.2, -0.15) is 0 Å². The van der Waals surface area contributed by atoms with Crippen molar-refractivity contribution in [1.82, 2.24) is 15.3 Å². The van der Waals surface area contributed by atoms with Crippen LogP contribution in [-0.2, 0) is 6.54 Å². The summed E-state index contributed by atoms with van der Waals surface area (Å²) in [5, 5.41) is 4.95. The molecule has 0 bridgehead atoms. The van der Waals surface area contributed by atoms with Crippen LogP contribution in [0.25, 0.3) is 21.8 Å². The SMILES string of the molecule is COc1ccc(CNC(=O)c2cc3ccc4ccc(C)[nH]c4c3n2)cc1. The van der Waals surface area contributed by atoms with E-state index in [9.17, 15) is 4.79 Å². The minimum atomic E-state index is -0.183. The first-order valence-corrected chi connectivity index (χ1v) is 8.44. The number of carbonyl (C=O) groups is 1. The Kier molecular flexibility index (Phi) is 4.05. The molecule has 0 aliphatic heterocycles. The summed E-state index contributed by atoms with van der Waals surface area (Å²) in [4.78, 5) is 20.4. The van der Waals surface area contributed by atoms with Crippen LogP contribution in [0, 0.1) is 6.92 Å². The molecule has 0 aliphatic rings. The highest BCUT2D eigenvalue weighted by Gasteiger charge is 2.13. The Morgan fingerprint density at radius 2 is 1.81 bits per heavy atom. The molecule has 2 aromatic heterocycles. The number of nitrogens with zero attached hydrogens (tertiary/aromatic N) is 1. The van der Waals surface area contributed by atoms with Gasteiger partial charge in [0.05, 0.1) is 18.1 Å². The molecule has 0 fully saturated rings. The number of aromatic nitrogens is 2. The monoisotopic (exact) mass is 345 g/mol. The zero-order valence-corrected chi connectivity index (χ0v) is 14.7. The molecular weight excluding hydrogens is 326 g/mol. The smallest absolute Gasteiger partial charge is 0.270 e. The number of aromatic amines is 1. The van der Waals surface area contributed by atoms with Gasteiger partial charge in [0, 0.05) is 23.0 Å². The highest BCUT2D eigenvalue weighted by atomic mass is 16.5. The van der Waals surface area contributed by atoms with Crippen LogP contribution in [0.1, 0.15) is 21.7 Å². The van der Waals surface area contributed by atoms with Crippen molar-refractivity contribution < 1.29 is 9.53 Å². The predicted octanol–water partition coefficient (Wildman–Crippen LogP) is 3.96. The van der Waals surface area contributed by atoms with Crippen LogP contribution in [0.2, 0.25) is 0 Å². The van der Waals surface area contributed by atoms with E-state index in [0.29, 0.717) is 12.2 Å². The first-order chi connectivity index (χ1) is 12.6. The van der Waals surface area contributed by atoms with E-state index in [1.165, 1.54) is 0 Å². The minimum Gasteiger partial charge on any atom is -0.497 e. The number of fused-ring (bicyclic) bond motifs is 3. The van der Waals surface area contributed by atoms with Crippen molar-refractivity contribution in [1.29, 1.82) is 0 Å². The minimum absolute atomic E-state index is 0.183. The number of benzene rings is 2. The molecule has 0 atom stereocenters. The zero-order chi connectivity index (χ0) is 18.1. The lowest BCUT2D eigenvalue weighted by Gasteiger charge is -2.05. The Bertz CT molecular complexity index is 1100. The normalized spacial score (nSPS) is 11.0. The van der Waals surface area contributed by atoms with Crippen molar-refractivity contribution in [2.45, 2.75) is 13.5 Å². The second-order valence-corrected chi connectivity index (χ2v) is 6.28. The summed E-state index contributed by atoms with van der Waals surface area (Å²) in [5.41, 5.74) is 4.26. The van der Waals surface area contributed by atoms with E-state index in [2.05, 4.69) is 21.4 Å². The topological polar surface area (TPSA) is 67.0 Å². The van der Waals surface area contributed by atoms with Crippen LogP contribution >= 0.6 is 0 Å². The van der Waals surface area contributed by atoms with Crippen LogP contribution in [-0.4, -0.2) is 23.0 Å². The van der Waals surface area contributed by atoms with Crippen LogP contribution < -0.4 is 10.1 Å². The van der Waals surface area contributed by atoms with Gasteiger partial charge in [-0.25, -0.2) is 4.98 Å². The number of aryl methyl sites for hydroxylation is 1. The van der Waals surface area contributed by atoms with Crippen molar-refractivity contribution in [3.05, 3.63) is 71.5 Å². The molecule has 0 saturated heterocycles. The Hall–Kier alpha value is -3.34. The van der Waals surface area contributed by atoms with E-state index in [1.807, 2.05) is 55.5 Å². The molecule has 2 N–H and O–H groups in total. The number of carbonyl (C=O) groups excluding carboxylic acids is 1. The lowest BCUT2D eigenvalue weighted by Crippen LogP contribution is -2.23. The second kappa shape index (κ2) is 6.52. The van der Waals surface area contributed by atoms with Crippen molar-refractivity contribution in [2.24, 2.45) is 0 Å². The Balaban J connectivity index is 1.58. The van der Waals surface area contributed by atoms with Gasteiger partial charge < -0.3 is 15.0 Å². The molecule has 26 heavy (non-hydrogen) atoms. The Morgan fingerprint density at radius 1 is 1.08 bits per heavy atom. The standard InChI is InChI=1S/C21H19N3O2/c1-13-3-6-15-7-8-16-11-18(24-20(16)19(15)23-13)21(25)22-12-14-4-9-17(26-2)10-5-14/h3-11,23H,12H2,1-2H3,(H,22,25). The van der Waals surface area contributed by atoms with Gasteiger partial charge in [-0.15, -0.1) is 0 Å². The molecule has 1 amide bonds. The molecule has 0 spiro atoms. The quantitative estimate of drug-likeness (QED) is 0.588. The van der Waals surface area contributed by atoms with E-state index in [-0.39, 0.29) is 5.91 Å². The molecule has 0 unspecified atom stereocenters. The third-order valence-electron chi connectivity index (χ3n) is 4.45. The van der Waals surface area contributed by atoms with Crippen molar-refractivity contribution in [3.63, 3.8) is 0 Å². The van der Waals surface area contributed by atoms with Crippen molar-refractivity contribution in [2.75, 3.05) is 7.11 Å². The molecule has 4 rings (SSSR count). The Morgan fingerprint density at radius 3 is 2.58 bits per heavy atom. The van der Waals surface area contributed by atoms with Gasteiger partial charge in [-0.05, 0) is 36.8 Å². The molecule has 5 heteroatoms. The number of H-pyrrole nitrogens is 1. The van der Waals surface area contributed by atoms with E-state index in [0.717, 1.165) is 38.8 Å². The third-order valence-corrected chi connectivity index (χ3v) is 4.45. The molecule has 4 aromatic rings. The predicted molar refractivity (Wildman–Crippen MR) is 103 cm³/mol. The van der Waals surface area contributed by atoms with Crippen LogP contribution in [0.3, 0.4) is 0 Å². The maximum atomic E-state index is 12.5. The number of hydrogen-bond acceptors (Lipinski definition) is 3. The van der Waals surface area contributed by atoms with Gasteiger partial charge >= 0.3 is 0 Å². The lowest BCUT2D eigenvalue weighted by atomic mass is 10.1. The summed E-state index contributed by atoms with van der Waals surface area (Å²) in [5.74, 6) is 0.611. The van der Waals surface area contributed by atoms with E-state index >= 15 is 0 Å². The van der Waals surface area contributed by atoms with Gasteiger partial charge in [0.15, 0.2) is 0 Å². The largest absolute Gasteiger partial charge is 0.497 e. The van der Waals surface area contributed by atoms with Crippen LogP contribution in [0.15, 0.2) is 54.6 Å². The number of ether oxygens (including phenoxy) is 1. The third kappa shape index (κ3) is 2.99. The number of hydrogen-bond donors (Lipinski definition) is 2. The van der Waals surface area contributed by atoms with Gasteiger partial charge in [0.25, 0.3) is 5.91 Å². The fourth-order valence-electron chi connectivity index (χ4n) is 3.02. The van der Waals surface area contributed by atoms with Crippen LogP contribution in [0.4, 0.5) is 0 Å². The van der Waals surface area contributed by atoms with Crippen LogP contribution in [0.5, 0.6) is 5.75 Å². The molecule has 0 aliphatic carbocycles. The maximum absolute atomic E-state index is 12.5. The summed E-state index contributed by atoms with van der Waals surface area (Å²) in [6.07, 6.45) is 0. The fourth-order valence-corrected chi connectivity index (χ4v) is 3.02. The number of nitrogens with one attached hydrogen (secondary N) is 2. The first-order valence-electron chi connectivity index (χ1n) is 8.44. The van der Waals surface area contributed by atoms with Gasteiger partial charge in [-0.3, -0.25) is 4.79 Å². The first kappa shape index (κ1) is 16.1. The summed E-state index contributed by atoms with van der Waals surface area (Å²) >= 11 is 0. The number of amides is 1. The average Bonchev–Trinajstić information content (AvgIpc) is 3.11. The van der Waals surface area contributed by atoms with E-state index < -0.39 is 0 Å². The molecule has 2 heterocycles. The molecule has 0 saturated carbocycles. The van der Waals surface area contributed by atoms with Gasteiger partial charge in [0.2, 0.25) is 0 Å². The van der Waals surface area contributed by atoms with Crippen molar-refractivity contribution >= 4 is 27.7 Å². The number of rotatable bonds is 4. The Labute approximate surface area is 151 Å². The maximum Gasteiger partial charge on any atom is 0.270 e. The number of pyridine rings is 1. The van der Waals surface area contributed by atoms with Gasteiger partial charge in [-0.1, -0.05) is 30.3 Å². The summed E-state index contributed by atoms with van der Waals surface area (Å²) in [6.45, 7) is 2.45. The molecule has 2 aromatic carbocycles. The van der Waals surface area contributed by atoms with Gasteiger partial charge in [0.1, 0.15) is 11.4 Å². The molecule has 0 radical (unpaired) electrons. The highest BCUT2D eigenvalue weighted by Crippen LogP contribution is 2.24. The summed E-state index contributed by atoms with van der Waals surface area (Å²) in [6, 6.07) is 17.6. The van der Waals surface area contributed by atoms with Crippen molar-refractivity contribution in [3.8, 4) is 5.75 Å². The number of methoxy groups -OCH3 is 1. The lowest BCUT2D eigenvalue weighted by molar-refractivity contribution is 0.0947. The summed E-state index contributed by atoms with van der Waals surface area (Å²) < 4.78 is 5.14. The average molecular weight is 345 g/mol. The highest BCUT2D eigenvalue weighted by molar-refractivity contribution is 6.07. The molecule has 5 nitrogen and oxygen atoms in total. The molecular formula is C21H19N3O2. The van der Waals surface area contributed by atoms with E-state index in [1.54, 1.807) is 7.11 Å². The zero-order valence-electron chi connectivity index (χ0n) is 14.7. The molecule has 130 valence electrons. The fraction of sp³-hybridized carbons (Fsp3) is 0.143. The summed E-state index contributed by atoms with van der Waals surface area (Å²) in [7, 11) is 1.63.